The van der Waals surface area contributed by atoms with Gasteiger partial charge in [-0.25, -0.2) is 9.78 Å². The van der Waals surface area contributed by atoms with Crippen molar-refractivity contribution in [3.8, 4) is 0 Å². The second-order valence-electron chi connectivity index (χ2n) is 8.02. The van der Waals surface area contributed by atoms with E-state index in [1.54, 1.807) is 38.1 Å². The van der Waals surface area contributed by atoms with Crippen LogP contribution in [0.1, 0.15) is 45.0 Å². The monoisotopic (exact) mass is 507 g/mol. The summed E-state index contributed by atoms with van der Waals surface area (Å²) in [5.74, 6) is -3.01. The number of aliphatic hydroxyl groups excluding tert-OH is 1. The number of amides is 1. The molecule has 10 nitrogen and oxygen atoms in total. The largest absolute Gasteiger partial charge is 0.507 e. The minimum atomic E-state index is -1.22. The van der Waals surface area contributed by atoms with E-state index in [2.05, 4.69) is 4.98 Å². The molecule has 1 fully saturated rings. The summed E-state index contributed by atoms with van der Waals surface area (Å²) < 4.78 is 5.05. The average Bonchev–Trinajstić information content (AvgIpc) is 3.36. The minimum Gasteiger partial charge on any atom is -0.507 e. The molecule has 36 heavy (non-hydrogen) atoms. The van der Waals surface area contributed by atoms with E-state index in [0.29, 0.717) is 11.3 Å². The molecule has 4 rings (SSSR count). The summed E-state index contributed by atoms with van der Waals surface area (Å²) in [5, 5.41) is 22.6. The molecule has 2 heterocycles. The molecule has 3 aromatic rings. The number of hydrogen-bond donors (Lipinski definition) is 1. The van der Waals surface area contributed by atoms with Crippen molar-refractivity contribution in [3.63, 3.8) is 0 Å². The summed E-state index contributed by atoms with van der Waals surface area (Å²) in [6.45, 7) is 5.22. The van der Waals surface area contributed by atoms with Crippen LogP contribution in [0.3, 0.4) is 0 Å². The van der Waals surface area contributed by atoms with Gasteiger partial charge in [0.2, 0.25) is 0 Å². The van der Waals surface area contributed by atoms with Gasteiger partial charge in [-0.15, -0.1) is 0 Å². The van der Waals surface area contributed by atoms with Crippen molar-refractivity contribution in [3.05, 3.63) is 91.5 Å². The molecule has 0 bridgehead atoms. The number of non-ortho nitro benzene ring substituents is 1. The minimum absolute atomic E-state index is 0.0251. The van der Waals surface area contributed by atoms with Gasteiger partial charge in [0.1, 0.15) is 10.6 Å². The zero-order valence-electron chi connectivity index (χ0n) is 19.5. The Kier molecular flexibility index (Phi) is 6.67. The predicted octanol–water partition coefficient (Wildman–Crippen LogP) is 4.47. The summed E-state index contributed by atoms with van der Waals surface area (Å²) in [6.07, 6.45) is 0. The first-order valence-corrected chi connectivity index (χ1v) is 11.7. The van der Waals surface area contributed by atoms with Gasteiger partial charge in [0.25, 0.3) is 11.5 Å². The molecule has 1 unspecified atom stereocenters. The molecule has 1 saturated heterocycles. The SMILES string of the molecule is CCOC(=O)c1sc(N2C(=O)C(=O)C(=C(O)c3ccc(C)cc3)C2c2cccc([N+](=O)[O-])c2)nc1C. The number of nitrogens with zero attached hydrogens (tertiary/aromatic N) is 3. The molecule has 0 aliphatic carbocycles. The normalized spacial score (nSPS) is 16.9. The number of ether oxygens (including phenoxy) is 1. The van der Waals surface area contributed by atoms with Crippen molar-refractivity contribution in [2.24, 2.45) is 0 Å². The van der Waals surface area contributed by atoms with Crippen molar-refractivity contribution >= 4 is 45.6 Å². The lowest BCUT2D eigenvalue weighted by atomic mass is 9.95. The van der Waals surface area contributed by atoms with E-state index >= 15 is 0 Å². The van der Waals surface area contributed by atoms with Crippen molar-refractivity contribution in [2.75, 3.05) is 11.5 Å². The summed E-state index contributed by atoms with van der Waals surface area (Å²) in [7, 11) is 0. The number of hydrogen-bond acceptors (Lipinski definition) is 9. The molecular weight excluding hydrogens is 486 g/mol. The summed E-state index contributed by atoms with van der Waals surface area (Å²) in [6, 6.07) is 10.9. The Labute approximate surface area is 209 Å². The van der Waals surface area contributed by atoms with E-state index in [9.17, 15) is 29.6 Å². The van der Waals surface area contributed by atoms with E-state index in [1.807, 2.05) is 6.92 Å². The number of Topliss-reactive ketones (excluding diaryl/α,β-unsaturated/α-hetero) is 1. The number of carbonyl (C=O) groups excluding carboxylic acids is 3. The second kappa shape index (κ2) is 9.70. The summed E-state index contributed by atoms with van der Waals surface area (Å²) in [4.78, 5) is 55.2. The van der Waals surface area contributed by atoms with Crippen LogP contribution >= 0.6 is 11.3 Å². The van der Waals surface area contributed by atoms with Crippen LogP contribution in [0.25, 0.3) is 5.76 Å². The van der Waals surface area contributed by atoms with Crippen LogP contribution in [-0.4, -0.2) is 39.3 Å². The zero-order valence-corrected chi connectivity index (χ0v) is 20.4. The van der Waals surface area contributed by atoms with Crippen LogP contribution in [0.15, 0.2) is 54.1 Å². The molecule has 0 spiro atoms. The topological polar surface area (TPSA) is 140 Å². The van der Waals surface area contributed by atoms with E-state index in [1.165, 1.54) is 24.3 Å². The number of aryl methyl sites for hydroxylation is 2. The number of esters is 1. The number of thiazole rings is 1. The summed E-state index contributed by atoms with van der Waals surface area (Å²) >= 11 is 0.860. The number of aromatic nitrogens is 1. The molecule has 1 N–H and O–H groups in total. The molecule has 2 aromatic carbocycles. The maximum Gasteiger partial charge on any atom is 0.350 e. The molecule has 1 atom stereocenters. The first-order valence-electron chi connectivity index (χ1n) is 10.9. The molecule has 184 valence electrons. The van der Waals surface area contributed by atoms with Crippen LogP contribution < -0.4 is 4.90 Å². The Morgan fingerprint density at radius 2 is 1.89 bits per heavy atom. The molecule has 0 radical (unpaired) electrons. The molecule has 1 amide bonds. The van der Waals surface area contributed by atoms with Crippen molar-refractivity contribution in [1.82, 2.24) is 4.98 Å². The van der Waals surface area contributed by atoms with Crippen LogP contribution in [-0.2, 0) is 14.3 Å². The Balaban J connectivity index is 1.94. The third-order valence-corrected chi connectivity index (χ3v) is 6.76. The van der Waals surface area contributed by atoms with Gasteiger partial charge in [0, 0.05) is 17.7 Å². The third kappa shape index (κ3) is 4.36. The van der Waals surface area contributed by atoms with Gasteiger partial charge in [-0.1, -0.05) is 53.3 Å². The lowest BCUT2D eigenvalue weighted by Gasteiger charge is -2.22. The lowest BCUT2D eigenvalue weighted by molar-refractivity contribution is -0.384. The maximum absolute atomic E-state index is 13.3. The third-order valence-electron chi connectivity index (χ3n) is 5.62. The van der Waals surface area contributed by atoms with Crippen LogP contribution in [0.5, 0.6) is 0 Å². The van der Waals surface area contributed by atoms with Gasteiger partial charge < -0.3 is 9.84 Å². The Hall–Kier alpha value is -4.38. The Morgan fingerprint density at radius 3 is 2.53 bits per heavy atom. The quantitative estimate of drug-likeness (QED) is 0.129. The molecule has 1 aromatic heterocycles. The highest BCUT2D eigenvalue weighted by Crippen LogP contribution is 2.44. The van der Waals surface area contributed by atoms with E-state index < -0.39 is 34.4 Å². The van der Waals surface area contributed by atoms with Crippen LogP contribution in [0, 0.1) is 24.0 Å². The number of anilines is 1. The second-order valence-corrected chi connectivity index (χ2v) is 9.00. The van der Waals surface area contributed by atoms with Gasteiger partial charge in [-0.2, -0.15) is 0 Å². The van der Waals surface area contributed by atoms with Crippen LogP contribution in [0.4, 0.5) is 10.8 Å². The first kappa shape index (κ1) is 24.7. The van der Waals surface area contributed by atoms with Crippen molar-refractivity contribution in [1.29, 1.82) is 0 Å². The van der Waals surface area contributed by atoms with E-state index in [0.717, 1.165) is 21.8 Å². The standard InChI is InChI=1S/C25H21N3O7S/c1-4-35-24(32)22-14(3)26-25(36-22)27-19(16-6-5-7-17(12-16)28(33)34)18(21(30)23(27)31)20(29)15-10-8-13(2)9-11-15/h5-12,19,29H,4H2,1-3H3. The number of nitro benzene ring substituents is 1. The predicted molar refractivity (Wildman–Crippen MR) is 132 cm³/mol. The van der Waals surface area contributed by atoms with Crippen LogP contribution in [0.2, 0.25) is 0 Å². The summed E-state index contributed by atoms with van der Waals surface area (Å²) in [5.41, 5.74) is 1.25. The average molecular weight is 508 g/mol. The number of rotatable bonds is 6. The fourth-order valence-corrected chi connectivity index (χ4v) is 4.88. The van der Waals surface area contributed by atoms with E-state index in [-0.39, 0.29) is 33.4 Å². The Morgan fingerprint density at radius 1 is 1.19 bits per heavy atom. The molecule has 0 saturated carbocycles. The highest BCUT2D eigenvalue weighted by Gasteiger charge is 2.48. The van der Waals surface area contributed by atoms with Gasteiger partial charge >= 0.3 is 11.9 Å². The van der Waals surface area contributed by atoms with E-state index in [4.69, 9.17) is 4.74 Å². The zero-order chi connectivity index (χ0) is 26.1. The van der Waals surface area contributed by atoms with Crippen molar-refractivity contribution in [2.45, 2.75) is 26.8 Å². The smallest absolute Gasteiger partial charge is 0.350 e. The number of carbonyl (C=O) groups is 3. The fourth-order valence-electron chi connectivity index (χ4n) is 3.89. The Bertz CT molecular complexity index is 1430. The number of nitro groups is 1. The van der Waals surface area contributed by atoms with Gasteiger partial charge in [0.05, 0.1) is 28.8 Å². The molecule has 1 aliphatic heterocycles. The number of ketones is 1. The lowest BCUT2D eigenvalue weighted by Crippen LogP contribution is -2.29. The fraction of sp³-hybridized carbons (Fsp3) is 0.200. The molecule has 11 heteroatoms. The molecule has 1 aliphatic rings. The van der Waals surface area contributed by atoms with Crippen molar-refractivity contribution < 1.29 is 29.2 Å². The number of benzene rings is 2. The molecular formula is C25H21N3O7S. The highest BCUT2D eigenvalue weighted by atomic mass is 32.1. The van der Waals surface area contributed by atoms with Gasteiger partial charge in [0.15, 0.2) is 5.13 Å². The maximum atomic E-state index is 13.3. The first-order chi connectivity index (χ1) is 17.1. The highest BCUT2D eigenvalue weighted by molar-refractivity contribution is 7.17. The number of aliphatic hydroxyl groups is 1. The van der Waals surface area contributed by atoms with Gasteiger partial charge in [-0.05, 0) is 26.3 Å². The van der Waals surface area contributed by atoms with Gasteiger partial charge in [-0.3, -0.25) is 24.6 Å².